The molecule has 41 heavy (non-hydrogen) atoms. The highest BCUT2D eigenvalue weighted by Crippen LogP contribution is 2.39. The summed E-state index contributed by atoms with van der Waals surface area (Å²) in [7, 11) is 3.61. The molecular weight excluding hydrogens is 516 g/mol. The summed E-state index contributed by atoms with van der Waals surface area (Å²) in [5.41, 5.74) is 3.23. The number of aldehydes is 2. The van der Waals surface area contributed by atoms with Crippen LogP contribution in [0.25, 0.3) is 10.8 Å². The Balaban J connectivity index is 0.00000103. The molecule has 0 atom stereocenters. The van der Waals surface area contributed by atoms with Gasteiger partial charge in [0.2, 0.25) is 0 Å². The standard InChI is InChI=1S/C26H38O2.C4H6O2.C3H4O.C2H6O/c1-4-5-6-7-20-8-9-25-17-24(15-14-23(25)16-20)21-10-12-22(13-11-21)26(18-27-2)19-28-3;1-4(2-5)3-6;1-2-3-4;1-2-3/h8-9,14-17,21-22,26H,4-7,10-13,18-19H2,1-3H3;2,6H,1,3H2;2-3H,1H2;3H,2H2,1H3. The number of hydrogen-bond acceptors (Lipinski definition) is 6. The van der Waals surface area contributed by atoms with Gasteiger partial charge in [-0.05, 0) is 85.3 Å². The lowest BCUT2D eigenvalue weighted by atomic mass is 9.74. The van der Waals surface area contributed by atoms with E-state index < -0.39 is 0 Å². The van der Waals surface area contributed by atoms with E-state index in [2.05, 4.69) is 56.5 Å². The highest BCUT2D eigenvalue weighted by Gasteiger charge is 2.28. The van der Waals surface area contributed by atoms with Gasteiger partial charge >= 0.3 is 0 Å². The Morgan fingerprint density at radius 3 is 1.98 bits per heavy atom. The van der Waals surface area contributed by atoms with E-state index in [1.165, 1.54) is 79.3 Å². The summed E-state index contributed by atoms with van der Waals surface area (Å²) < 4.78 is 10.9. The number of carbonyl (C=O) groups is 2. The van der Waals surface area contributed by atoms with Crippen LogP contribution in [0.2, 0.25) is 0 Å². The zero-order valence-corrected chi connectivity index (χ0v) is 25.9. The predicted molar refractivity (Wildman–Crippen MR) is 170 cm³/mol. The van der Waals surface area contributed by atoms with Gasteiger partial charge < -0.3 is 19.7 Å². The molecule has 6 heteroatoms. The first kappa shape index (κ1) is 38.4. The van der Waals surface area contributed by atoms with E-state index in [9.17, 15) is 4.79 Å². The van der Waals surface area contributed by atoms with Crippen LogP contribution < -0.4 is 0 Å². The molecule has 1 saturated carbocycles. The molecule has 1 aliphatic carbocycles. The number of aliphatic hydroxyl groups excluding tert-OH is 2. The van der Waals surface area contributed by atoms with Crippen molar-refractivity contribution in [2.24, 2.45) is 11.8 Å². The Morgan fingerprint density at radius 2 is 1.51 bits per heavy atom. The van der Waals surface area contributed by atoms with Crippen molar-refractivity contribution >= 4 is 23.3 Å². The minimum Gasteiger partial charge on any atom is -0.397 e. The summed E-state index contributed by atoms with van der Waals surface area (Å²) in [6.07, 6.45) is 12.6. The maximum Gasteiger partial charge on any atom is 0.147 e. The third kappa shape index (κ3) is 16.4. The van der Waals surface area contributed by atoms with Gasteiger partial charge in [0.05, 0.1) is 19.8 Å². The number of methoxy groups -OCH3 is 2. The van der Waals surface area contributed by atoms with Crippen molar-refractivity contribution in [2.45, 2.75) is 71.1 Å². The molecule has 2 aromatic carbocycles. The largest absolute Gasteiger partial charge is 0.397 e. The molecule has 230 valence electrons. The Bertz CT molecular complexity index is 966. The second-order valence-corrected chi connectivity index (χ2v) is 10.3. The SMILES string of the molecule is C=C(C=O)CO.C=CC=O.CCCCCc1ccc2cc(C3CCC(C(COC)COC)CC3)ccc2c1.CCO. The molecule has 3 rings (SSSR count). The van der Waals surface area contributed by atoms with Gasteiger partial charge in [0.1, 0.15) is 12.6 Å². The van der Waals surface area contributed by atoms with Gasteiger partial charge in [-0.25, -0.2) is 0 Å². The number of aryl methyl sites for hydroxylation is 1. The fourth-order valence-corrected chi connectivity index (χ4v) is 5.01. The second kappa shape index (κ2) is 25.1. The molecular formula is C35H54O6. The minimum atomic E-state index is -0.233. The van der Waals surface area contributed by atoms with Crippen LogP contribution in [-0.4, -0.2) is 63.4 Å². The van der Waals surface area contributed by atoms with E-state index in [4.69, 9.17) is 24.5 Å². The molecule has 6 nitrogen and oxygen atoms in total. The van der Waals surface area contributed by atoms with Crippen LogP contribution in [0.1, 0.15) is 75.8 Å². The van der Waals surface area contributed by atoms with Crippen LogP contribution in [0.5, 0.6) is 0 Å². The van der Waals surface area contributed by atoms with Crippen molar-refractivity contribution in [1.82, 2.24) is 0 Å². The number of hydrogen-bond donors (Lipinski definition) is 2. The van der Waals surface area contributed by atoms with Crippen molar-refractivity contribution in [3.8, 4) is 0 Å². The highest BCUT2D eigenvalue weighted by atomic mass is 16.5. The number of fused-ring (bicyclic) bond motifs is 1. The van der Waals surface area contributed by atoms with E-state index in [-0.39, 0.29) is 18.8 Å². The first-order valence-electron chi connectivity index (χ1n) is 14.8. The van der Waals surface area contributed by atoms with Gasteiger partial charge in [0, 0.05) is 32.3 Å². The molecule has 0 aliphatic heterocycles. The number of allylic oxidation sites excluding steroid dienone is 1. The first-order valence-corrected chi connectivity index (χ1v) is 14.8. The Kier molecular flexibility index (Phi) is 23.5. The average molecular weight is 571 g/mol. The molecule has 1 fully saturated rings. The average Bonchev–Trinajstić information content (AvgIpc) is 3.01. The van der Waals surface area contributed by atoms with Crippen LogP contribution in [-0.2, 0) is 25.5 Å². The summed E-state index contributed by atoms with van der Waals surface area (Å²) >= 11 is 0. The quantitative estimate of drug-likeness (QED) is 0.155. The third-order valence-corrected chi connectivity index (χ3v) is 7.14. The fraction of sp³-hybridized carbons (Fsp3) is 0.543. The van der Waals surface area contributed by atoms with Crippen molar-refractivity contribution in [2.75, 3.05) is 40.6 Å². The maximum absolute atomic E-state index is 9.48. The molecule has 2 aromatic rings. The van der Waals surface area contributed by atoms with Crippen molar-refractivity contribution in [3.05, 3.63) is 72.3 Å². The van der Waals surface area contributed by atoms with Crippen LogP contribution in [0, 0.1) is 11.8 Å². The zero-order chi connectivity index (χ0) is 30.9. The molecule has 2 N–H and O–H groups in total. The molecule has 1 aliphatic rings. The lowest BCUT2D eigenvalue weighted by Gasteiger charge is -2.33. The van der Waals surface area contributed by atoms with Crippen LogP contribution in [0.4, 0.5) is 0 Å². The van der Waals surface area contributed by atoms with E-state index in [1.54, 1.807) is 21.1 Å². The minimum absolute atomic E-state index is 0.218. The monoisotopic (exact) mass is 570 g/mol. The van der Waals surface area contributed by atoms with Crippen LogP contribution >= 0.6 is 0 Å². The molecule has 0 amide bonds. The summed E-state index contributed by atoms with van der Waals surface area (Å²) in [5.74, 6) is 1.98. The normalized spacial score (nSPS) is 15.8. The summed E-state index contributed by atoms with van der Waals surface area (Å²) in [6, 6.07) is 14.2. The Labute approximate surface area is 248 Å². The zero-order valence-electron chi connectivity index (χ0n) is 25.9. The molecule has 0 spiro atoms. The van der Waals surface area contributed by atoms with E-state index in [0.29, 0.717) is 24.4 Å². The number of rotatable bonds is 13. The van der Waals surface area contributed by atoms with Crippen molar-refractivity contribution in [3.63, 3.8) is 0 Å². The molecule has 0 aromatic heterocycles. The van der Waals surface area contributed by atoms with Crippen molar-refractivity contribution in [1.29, 1.82) is 0 Å². The van der Waals surface area contributed by atoms with E-state index in [1.807, 2.05) is 0 Å². The summed E-state index contributed by atoms with van der Waals surface area (Å²) in [4.78, 5) is 18.5. The highest BCUT2D eigenvalue weighted by molar-refractivity contribution is 5.84. The van der Waals surface area contributed by atoms with Gasteiger partial charge in [0.15, 0.2) is 0 Å². The molecule has 0 heterocycles. The number of ether oxygens (including phenoxy) is 2. The first-order chi connectivity index (χ1) is 19.9. The molecule has 0 saturated heterocycles. The van der Waals surface area contributed by atoms with Crippen LogP contribution in [0.3, 0.4) is 0 Å². The number of aliphatic hydroxyl groups is 2. The molecule has 0 unspecified atom stereocenters. The Hall–Kier alpha value is -2.64. The lowest BCUT2D eigenvalue weighted by Crippen LogP contribution is -2.27. The van der Waals surface area contributed by atoms with E-state index in [0.717, 1.165) is 19.1 Å². The van der Waals surface area contributed by atoms with Crippen LogP contribution in [0.15, 0.2) is 61.2 Å². The fourth-order valence-electron chi connectivity index (χ4n) is 5.01. The van der Waals surface area contributed by atoms with Gasteiger partial charge in [-0.15, -0.1) is 0 Å². The molecule has 0 bridgehead atoms. The topological polar surface area (TPSA) is 93.1 Å². The smallest absolute Gasteiger partial charge is 0.147 e. The van der Waals surface area contributed by atoms with Gasteiger partial charge in [0.25, 0.3) is 0 Å². The van der Waals surface area contributed by atoms with Gasteiger partial charge in [-0.2, -0.15) is 0 Å². The number of benzene rings is 2. The van der Waals surface area contributed by atoms with Gasteiger partial charge in [-0.1, -0.05) is 69.3 Å². The third-order valence-electron chi connectivity index (χ3n) is 7.14. The molecule has 0 radical (unpaired) electrons. The second-order valence-electron chi connectivity index (χ2n) is 10.3. The maximum atomic E-state index is 9.48. The van der Waals surface area contributed by atoms with E-state index >= 15 is 0 Å². The van der Waals surface area contributed by atoms with Crippen molar-refractivity contribution < 1.29 is 29.3 Å². The summed E-state index contributed by atoms with van der Waals surface area (Å²) in [6.45, 7) is 11.9. The van der Waals surface area contributed by atoms with Gasteiger partial charge in [-0.3, -0.25) is 9.59 Å². The number of unbranched alkanes of at least 4 members (excludes halogenated alkanes) is 2. The number of carbonyl (C=O) groups excluding carboxylic acids is 2. The Morgan fingerprint density at radius 1 is 0.951 bits per heavy atom. The summed E-state index contributed by atoms with van der Waals surface area (Å²) in [5, 5.41) is 18.4. The lowest BCUT2D eigenvalue weighted by molar-refractivity contribution is -0.105. The predicted octanol–water partition coefficient (Wildman–Crippen LogP) is 6.86.